The molecule has 0 amide bonds. The topological polar surface area (TPSA) is 107 Å². The number of nitrogens with one attached hydrogen (secondary N) is 1. The lowest BCUT2D eigenvalue weighted by molar-refractivity contribution is -0.130. The molecule has 0 bridgehead atoms. The molecule has 27 heavy (non-hydrogen) atoms. The maximum Gasteiger partial charge on any atom is 0.512 e. The molecule has 2 aromatic carbocycles. The molecule has 0 spiro atoms. The van der Waals surface area contributed by atoms with E-state index in [1.807, 2.05) is 0 Å². The van der Waals surface area contributed by atoms with Gasteiger partial charge in [0.25, 0.3) is 10.0 Å². The number of ether oxygens (including phenoxy) is 1. The first-order valence-electron chi connectivity index (χ1n) is 7.00. The van der Waals surface area contributed by atoms with Crippen LogP contribution in [-0.2, 0) is 24.8 Å². The number of rotatable bonds is 5. The van der Waals surface area contributed by atoms with E-state index in [9.17, 15) is 34.8 Å². The van der Waals surface area contributed by atoms with E-state index in [1.54, 1.807) is 0 Å². The molecule has 7 nitrogen and oxygen atoms in total. The maximum absolute atomic E-state index is 12.5. The summed E-state index contributed by atoms with van der Waals surface area (Å²) in [5.41, 5.74) is -5.84. The van der Waals surface area contributed by atoms with Crippen LogP contribution in [0.3, 0.4) is 0 Å². The summed E-state index contributed by atoms with van der Waals surface area (Å²) < 4.78 is 90.3. The summed E-state index contributed by atoms with van der Waals surface area (Å²) in [6, 6.07) is 7.59. The zero-order chi connectivity index (χ0) is 20.6. The summed E-state index contributed by atoms with van der Waals surface area (Å²) in [4.78, 5) is 10.8. The number of halogens is 3. The number of benzene rings is 2. The lowest BCUT2D eigenvalue weighted by atomic mass is 10.1. The SMILES string of the molecule is C=C(C)C(=O)Oc1cc(S(=O)(=O)NS(=O)(=O)C(F)(F)F)c2ccccc2c1. The van der Waals surface area contributed by atoms with Gasteiger partial charge in [0, 0.05) is 17.0 Å². The van der Waals surface area contributed by atoms with Crippen LogP contribution in [0.15, 0.2) is 53.4 Å². The molecule has 12 heteroatoms. The van der Waals surface area contributed by atoms with E-state index in [1.165, 1.54) is 37.3 Å². The van der Waals surface area contributed by atoms with Crippen LogP contribution < -0.4 is 8.86 Å². The number of hydrogen-bond acceptors (Lipinski definition) is 6. The second-order valence-electron chi connectivity index (χ2n) is 5.35. The Kier molecular flexibility index (Phi) is 5.37. The second kappa shape index (κ2) is 6.94. The van der Waals surface area contributed by atoms with Gasteiger partial charge >= 0.3 is 21.5 Å². The number of hydrogen-bond donors (Lipinski definition) is 1. The van der Waals surface area contributed by atoms with Crippen LogP contribution in [0.1, 0.15) is 6.92 Å². The Hall–Kier alpha value is -2.44. The quantitative estimate of drug-likeness (QED) is 0.450. The van der Waals surface area contributed by atoms with Crippen molar-refractivity contribution in [3.8, 4) is 5.75 Å². The molecule has 0 aliphatic carbocycles. The molecule has 0 radical (unpaired) electrons. The van der Waals surface area contributed by atoms with Crippen molar-refractivity contribution in [1.82, 2.24) is 4.13 Å². The molecule has 146 valence electrons. The molecular weight excluding hydrogens is 411 g/mol. The Morgan fingerprint density at radius 1 is 1.11 bits per heavy atom. The lowest BCUT2D eigenvalue weighted by Crippen LogP contribution is -2.40. The lowest BCUT2D eigenvalue weighted by Gasteiger charge is -2.13. The monoisotopic (exact) mass is 423 g/mol. The third kappa shape index (κ3) is 4.46. The molecule has 0 heterocycles. The van der Waals surface area contributed by atoms with Gasteiger partial charge in [0.15, 0.2) is 0 Å². The molecule has 0 saturated carbocycles. The van der Waals surface area contributed by atoms with Crippen LogP contribution in [0.4, 0.5) is 13.2 Å². The van der Waals surface area contributed by atoms with Crippen molar-refractivity contribution < 1.29 is 39.5 Å². The molecule has 0 aromatic heterocycles. The van der Waals surface area contributed by atoms with Crippen molar-refractivity contribution in [3.63, 3.8) is 0 Å². The van der Waals surface area contributed by atoms with Crippen LogP contribution in [0.5, 0.6) is 5.75 Å². The van der Waals surface area contributed by atoms with Crippen molar-refractivity contribution in [2.45, 2.75) is 17.3 Å². The third-order valence-electron chi connectivity index (χ3n) is 3.17. The van der Waals surface area contributed by atoms with Gasteiger partial charge in [-0.1, -0.05) is 35.0 Å². The first-order valence-corrected chi connectivity index (χ1v) is 9.96. The fraction of sp³-hybridized carbons (Fsp3) is 0.133. The summed E-state index contributed by atoms with van der Waals surface area (Å²) in [6.07, 6.45) is 0. The molecule has 0 fully saturated rings. The van der Waals surface area contributed by atoms with E-state index in [-0.39, 0.29) is 22.1 Å². The predicted molar refractivity (Wildman–Crippen MR) is 89.7 cm³/mol. The maximum atomic E-state index is 12.5. The minimum absolute atomic E-state index is 0.00894. The van der Waals surface area contributed by atoms with Crippen molar-refractivity contribution in [3.05, 3.63) is 48.6 Å². The van der Waals surface area contributed by atoms with E-state index in [2.05, 4.69) is 6.58 Å². The molecule has 2 rings (SSSR count). The molecule has 0 aliphatic heterocycles. The first kappa shape index (κ1) is 20.9. The average molecular weight is 423 g/mol. The van der Waals surface area contributed by atoms with Gasteiger partial charge in [-0.3, -0.25) is 0 Å². The van der Waals surface area contributed by atoms with E-state index in [0.717, 1.165) is 6.07 Å². The number of fused-ring (bicyclic) bond motifs is 1. The van der Waals surface area contributed by atoms with Gasteiger partial charge in [-0.2, -0.15) is 13.2 Å². The largest absolute Gasteiger partial charge is 0.512 e. The van der Waals surface area contributed by atoms with Crippen LogP contribution in [0, 0.1) is 0 Å². The van der Waals surface area contributed by atoms with E-state index in [0.29, 0.717) is 4.13 Å². The number of carbonyl (C=O) groups is 1. The highest BCUT2D eigenvalue weighted by molar-refractivity contribution is 8.05. The zero-order valence-electron chi connectivity index (χ0n) is 13.6. The van der Waals surface area contributed by atoms with Gasteiger partial charge in [-0.05, 0) is 18.4 Å². The summed E-state index contributed by atoms with van der Waals surface area (Å²) >= 11 is 0. The van der Waals surface area contributed by atoms with Crippen LogP contribution in [0.2, 0.25) is 0 Å². The Balaban J connectivity index is 2.65. The molecule has 1 N–H and O–H groups in total. The highest BCUT2D eigenvalue weighted by Gasteiger charge is 2.48. The van der Waals surface area contributed by atoms with Crippen LogP contribution >= 0.6 is 0 Å². The fourth-order valence-electron chi connectivity index (χ4n) is 1.96. The van der Waals surface area contributed by atoms with Gasteiger partial charge in [-0.15, -0.1) is 0 Å². The highest BCUT2D eigenvalue weighted by atomic mass is 32.3. The van der Waals surface area contributed by atoms with Gasteiger partial charge in [0.1, 0.15) is 5.75 Å². The molecular formula is C15H12F3NO6S2. The van der Waals surface area contributed by atoms with E-state index < -0.39 is 36.4 Å². The van der Waals surface area contributed by atoms with Crippen molar-refractivity contribution in [2.75, 3.05) is 0 Å². The fourth-order valence-corrected chi connectivity index (χ4v) is 4.60. The normalized spacial score (nSPS) is 12.7. The third-order valence-corrected chi connectivity index (χ3v) is 6.45. The summed E-state index contributed by atoms with van der Waals surface area (Å²) in [5, 5.41) is 0.117. The summed E-state index contributed by atoms with van der Waals surface area (Å²) in [6.45, 7) is 4.68. The van der Waals surface area contributed by atoms with E-state index >= 15 is 0 Å². The van der Waals surface area contributed by atoms with Gasteiger partial charge in [0.2, 0.25) is 0 Å². The predicted octanol–water partition coefficient (Wildman–Crippen LogP) is 2.45. The number of carbonyl (C=O) groups excluding carboxylic acids is 1. The Morgan fingerprint density at radius 3 is 2.26 bits per heavy atom. The van der Waals surface area contributed by atoms with Gasteiger partial charge < -0.3 is 4.74 Å². The minimum Gasteiger partial charge on any atom is -0.423 e. The van der Waals surface area contributed by atoms with Crippen molar-refractivity contribution in [2.24, 2.45) is 0 Å². The van der Waals surface area contributed by atoms with Gasteiger partial charge in [-0.25, -0.2) is 21.6 Å². The Bertz CT molecular complexity index is 1140. The van der Waals surface area contributed by atoms with Crippen LogP contribution in [0.25, 0.3) is 10.8 Å². The highest BCUT2D eigenvalue weighted by Crippen LogP contribution is 2.31. The molecule has 0 unspecified atom stereocenters. The van der Waals surface area contributed by atoms with Gasteiger partial charge in [0.05, 0.1) is 4.90 Å². The number of esters is 1. The summed E-state index contributed by atoms with van der Waals surface area (Å²) in [5.74, 6) is -1.21. The molecule has 2 aromatic rings. The second-order valence-corrected chi connectivity index (χ2v) is 8.93. The number of alkyl halides is 3. The summed E-state index contributed by atoms with van der Waals surface area (Å²) in [7, 11) is -11.4. The van der Waals surface area contributed by atoms with Crippen molar-refractivity contribution in [1.29, 1.82) is 0 Å². The first-order chi connectivity index (χ1) is 12.2. The molecule has 0 saturated heterocycles. The number of sulfonamides is 2. The molecule has 0 atom stereocenters. The molecule has 0 aliphatic rings. The smallest absolute Gasteiger partial charge is 0.423 e. The zero-order valence-corrected chi connectivity index (χ0v) is 15.2. The van der Waals surface area contributed by atoms with Crippen LogP contribution in [-0.4, -0.2) is 28.3 Å². The average Bonchev–Trinajstić information content (AvgIpc) is 2.51. The minimum atomic E-state index is -6.18. The van der Waals surface area contributed by atoms with Crippen molar-refractivity contribution >= 4 is 36.8 Å². The standard InChI is InChI=1S/C15H12F3NO6S2/c1-9(2)14(20)25-11-7-10-5-3-4-6-12(10)13(8-11)26(21,22)19-27(23,24)15(16,17)18/h3-8,19H,1H2,2H3. The Morgan fingerprint density at radius 2 is 1.70 bits per heavy atom. The Labute approximate surface area is 152 Å². The van der Waals surface area contributed by atoms with E-state index in [4.69, 9.17) is 4.74 Å².